The van der Waals surface area contributed by atoms with Crippen molar-refractivity contribution in [3.05, 3.63) is 17.5 Å². The number of hydrogen-bond acceptors (Lipinski definition) is 7. The Morgan fingerprint density at radius 2 is 1.76 bits per heavy atom. The van der Waals surface area contributed by atoms with Gasteiger partial charge in [0.15, 0.2) is 17.3 Å². The Morgan fingerprint density at radius 3 is 2.24 bits per heavy atom. The molecule has 2 rings (SSSR count). The molecular formula is C25H39N3O6. The van der Waals surface area contributed by atoms with Gasteiger partial charge in [-0.1, -0.05) is 39.8 Å². The third kappa shape index (κ3) is 7.48. The van der Waals surface area contributed by atoms with Gasteiger partial charge in [0.1, 0.15) is 11.8 Å². The van der Waals surface area contributed by atoms with Crippen molar-refractivity contribution in [2.24, 2.45) is 23.2 Å². The summed E-state index contributed by atoms with van der Waals surface area (Å²) in [7, 11) is 1.43. The number of nitrogens with one attached hydrogen (secondary N) is 2. The lowest BCUT2D eigenvalue weighted by molar-refractivity contribution is -0.135. The van der Waals surface area contributed by atoms with Crippen LogP contribution in [0.2, 0.25) is 0 Å². The lowest BCUT2D eigenvalue weighted by Gasteiger charge is -2.27. The number of aromatic nitrogens is 1. The van der Waals surface area contributed by atoms with E-state index in [4.69, 9.17) is 9.26 Å². The average Bonchev–Trinajstić information content (AvgIpc) is 3.35. The first kappa shape index (κ1) is 27.7. The summed E-state index contributed by atoms with van der Waals surface area (Å²) < 4.78 is 10.0. The van der Waals surface area contributed by atoms with Gasteiger partial charge in [-0.25, -0.2) is 0 Å². The molecule has 0 bridgehead atoms. The Labute approximate surface area is 201 Å². The third-order valence-corrected chi connectivity index (χ3v) is 6.39. The van der Waals surface area contributed by atoms with E-state index >= 15 is 0 Å². The predicted octanol–water partition coefficient (Wildman–Crippen LogP) is 2.86. The van der Waals surface area contributed by atoms with E-state index in [0.717, 1.165) is 12.8 Å². The van der Waals surface area contributed by atoms with E-state index in [2.05, 4.69) is 15.8 Å². The number of ketones is 2. The molecule has 0 spiro atoms. The van der Waals surface area contributed by atoms with Gasteiger partial charge in [-0.3, -0.25) is 19.2 Å². The number of aryl methyl sites for hydroxylation is 1. The van der Waals surface area contributed by atoms with E-state index in [1.165, 1.54) is 13.2 Å². The normalized spacial score (nSPS) is 17.2. The van der Waals surface area contributed by atoms with Crippen LogP contribution in [0.25, 0.3) is 0 Å². The highest BCUT2D eigenvalue weighted by Gasteiger charge is 2.48. The zero-order chi connectivity index (χ0) is 25.6. The Balaban J connectivity index is 2.10. The summed E-state index contributed by atoms with van der Waals surface area (Å²) >= 11 is 0. The van der Waals surface area contributed by atoms with Crippen molar-refractivity contribution < 1.29 is 28.4 Å². The first-order valence-corrected chi connectivity index (χ1v) is 12.0. The molecule has 1 heterocycles. The number of methoxy groups -OCH3 is 1. The Hall–Kier alpha value is -2.55. The average molecular weight is 478 g/mol. The van der Waals surface area contributed by atoms with Crippen molar-refractivity contribution in [1.82, 2.24) is 15.8 Å². The molecule has 1 fully saturated rings. The van der Waals surface area contributed by atoms with E-state index in [9.17, 15) is 19.2 Å². The molecule has 190 valence electrons. The summed E-state index contributed by atoms with van der Waals surface area (Å²) in [4.78, 5) is 51.8. The number of Topliss-reactive ketones (excluding diaryl/α,β-unsaturated/α-hetero) is 2. The van der Waals surface area contributed by atoms with E-state index in [0.29, 0.717) is 12.2 Å². The van der Waals surface area contributed by atoms with Gasteiger partial charge in [0.2, 0.25) is 5.91 Å². The summed E-state index contributed by atoms with van der Waals surface area (Å²) in [5.41, 5.74) is -0.295. The molecule has 1 saturated carbocycles. The van der Waals surface area contributed by atoms with Crippen LogP contribution in [-0.2, 0) is 19.1 Å². The SMILES string of the molecule is COC[C@H](NC(=O)c1cc(C)on1)C(=O)C[C@H](C(=O)N[C@@H](CC(C)C)C(=O)C1(C)CC1)C(C)C. The molecule has 3 atom stereocenters. The largest absolute Gasteiger partial charge is 0.382 e. The van der Waals surface area contributed by atoms with Gasteiger partial charge in [-0.2, -0.15) is 0 Å². The number of carbonyl (C=O) groups excluding carboxylic acids is 4. The second kappa shape index (κ2) is 11.7. The highest BCUT2D eigenvalue weighted by atomic mass is 16.5. The maximum Gasteiger partial charge on any atom is 0.274 e. The van der Waals surface area contributed by atoms with Crippen molar-refractivity contribution in [1.29, 1.82) is 0 Å². The fraction of sp³-hybridized carbons (Fsp3) is 0.720. The Kier molecular flexibility index (Phi) is 9.55. The molecule has 1 aromatic heterocycles. The van der Waals surface area contributed by atoms with Crippen molar-refractivity contribution in [2.45, 2.75) is 79.3 Å². The van der Waals surface area contributed by atoms with Crippen LogP contribution in [-0.4, -0.2) is 54.3 Å². The van der Waals surface area contributed by atoms with Crippen LogP contribution in [0.15, 0.2) is 10.6 Å². The molecule has 9 heteroatoms. The summed E-state index contributed by atoms with van der Waals surface area (Å²) in [6.07, 6.45) is 2.14. The highest BCUT2D eigenvalue weighted by Crippen LogP contribution is 2.47. The van der Waals surface area contributed by atoms with Crippen LogP contribution in [0.5, 0.6) is 0 Å². The van der Waals surface area contributed by atoms with Gasteiger partial charge in [-0.05, 0) is 38.0 Å². The first-order valence-electron chi connectivity index (χ1n) is 12.0. The van der Waals surface area contributed by atoms with Crippen LogP contribution in [0.1, 0.15) is 76.6 Å². The molecule has 0 aromatic carbocycles. The first-order chi connectivity index (χ1) is 15.9. The summed E-state index contributed by atoms with van der Waals surface area (Å²) in [6.45, 7) is 11.3. The number of rotatable bonds is 14. The maximum absolute atomic E-state index is 13.2. The van der Waals surface area contributed by atoms with Gasteiger partial charge in [0.25, 0.3) is 5.91 Å². The van der Waals surface area contributed by atoms with E-state index in [1.54, 1.807) is 6.92 Å². The second-order valence-corrected chi connectivity index (χ2v) is 10.4. The number of ether oxygens (including phenoxy) is 1. The molecule has 9 nitrogen and oxygen atoms in total. The van der Waals surface area contributed by atoms with E-state index in [-0.39, 0.29) is 53.4 Å². The molecule has 2 N–H and O–H groups in total. The fourth-order valence-corrected chi connectivity index (χ4v) is 3.91. The van der Waals surface area contributed by atoms with E-state index in [1.807, 2.05) is 34.6 Å². The number of hydrogen-bond donors (Lipinski definition) is 2. The van der Waals surface area contributed by atoms with Gasteiger partial charge < -0.3 is 19.9 Å². The zero-order valence-electron chi connectivity index (χ0n) is 21.4. The standard InChI is InChI=1S/C25H39N3O6/c1-14(2)10-18(22(30)25(6)8-9-25)26-23(31)17(15(3)4)12-21(29)20(13-33-7)27-24(32)19-11-16(5)34-28-19/h11,14-15,17-18,20H,8-10,12-13H2,1-7H3,(H,26,31)(H,27,32)/t17-,18-,20-/m0/s1. The maximum atomic E-state index is 13.2. The molecular weight excluding hydrogens is 438 g/mol. The third-order valence-electron chi connectivity index (χ3n) is 6.39. The monoisotopic (exact) mass is 477 g/mol. The fourth-order valence-electron chi connectivity index (χ4n) is 3.91. The number of amides is 2. The van der Waals surface area contributed by atoms with Crippen molar-refractivity contribution >= 4 is 23.4 Å². The van der Waals surface area contributed by atoms with Crippen molar-refractivity contribution in [3.8, 4) is 0 Å². The summed E-state index contributed by atoms with van der Waals surface area (Å²) in [5.74, 6) is -1.22. The molecule has 0 radical (unpaired) electrons. The van der Waals surface area contributed by atoms with Crippen molar-refractivity contribution in [3.63, 3.8) is 0 Å². The number of carbonyl (C=O) groups is 4. The minimum absolute atomic E-state index is 0.0410. The zero-order valence-corrected chi connectivity index (χ0v) is 21.4. The van der Waals surface area contributed by atoms with Crippen LogP contribution in [0, 0.1) is 30.1 Å². The van der Waals surface area contributed by atoms with Crippen LogP contribution in [0.4, 0.5) is 0 Å². The van der Waals surface area contributed by atoms with Gasteiger partial charge in [0.05, 0.1) is 12.6 Å². The topological polar surface area (TPSA) is 128 Å². The summed E-state index contributed by atoms with van der Waals surface area (Å²) in [5, 5.41) is 9.23. The smallest absolute Gasteiger partial charge is 0.274 e. The molecule has 1 aromatic rings. The molecule has 0 unspecified atom stereocenters. The van der Waals surface area contributed by atoms with Gasteiger partial charge in [-0.15, -0.1) is 0 Å². The minimum atomic E-state index is -0.943. The van der Waals surface area contributed by atoms with E-state index < -0.39 is 23.9 Å². The molecule has 2 amide bonds. The summed E-state index contributed by atoms with van der Waals surface area (Å²) in [6, 6.07) is -0.0384. The lowest BCUT2D eigenvalue weighted by atomic mass is 9.86. The molecule has 1 aliphatic rings. The lowest BCUT2D eigenvalue weighted by Crippen LogP contribution is -2.49. The quantitative estimate of drug-likeness (QED) is 0.422. The van der Waals surface area contributed by atoms with Crippen LogP contribution in [0.3, 0.4) is 0 Å². The molecule has 1 aliphatic carbocycles. The predicted molar refractivity (Wildman–Crippen MR) is 126 cm³/mol. The van der Waals surface area contributed by atoms with Crippen LogP contribution >= 0.6 is 0 Å². The van der Waals surface area contributed by atoms with Crippen molar-refractivity contribution in [2.75, 3.05) is 13.7 Å². The molecule has 0 saturated heterocycles. The second-order valence-electron chi connectivity index (χ2n) is 10.4. The van der Waals surface area contributed by atoms with Gasteiger partial charge in [0, 0.05) is 30.9 Å². The highest BCUT2D eigenvalue weighted by molar-refractivity contribution is 5.98. The minimum Gasteiger partial charge on any atom is -0.382 e. The Morgan fingerprint density at radius 1 is 1.12 bits per heavy atom. The number of nitrogens with zero attached hydrogens (tertiary/aromatic N) is 1. The molecule has 34 heavy (non-hydrogen) atoms. The molecule has 0 aliphatic heterocycles. The van der Waals surface area contributed by atoms with Crippen LogP contribution < -0.4 is 10.6 Å². The Bertz CT molecular complexity index is 887. The van der Waals surface area contributed by atoms with Gasteiger partial charge >= 0.3 is 0 Å².